The van der Waals surface area contributed by atoms with Gasteiger partial charge in [-0.15, -0.1) is 0 Å². The predicted molar refractivity (Wildman–Crippen MR) is 130 cm³/mol. The van der Waals surface area contributed by atoms with Crippen molar-refractivity contribution in [2.24, 2.45) is 0 Å². The Kier molecular flexibility index (Phi) is 6.93. The molecular formula is C27H32N2O5. The molecule has 0 bridgehead atoms. The Morgan fingerprint density at radius 1 is 1.15 bits per heavy atom. The number of hydrogen-bond donors (Lipinski definition) is 2. The van der Waals surface area contributed by atoms with Crippen LogP contribution in [0.15, 0.2) is 48.0 Å². The van der Waals surface area contributed by atoms with Gasteiger partial charge in [0.1, 0.15) is 23.4 Å². The first-order valence-electron chi connectivity index (χ1n) is 11.9. The lowest BCUT2D eigenvalue weighted by Gasteiger charge is -2.27. The number of aliphatic hydroxyl groups is 1. The van der Waals surface area contributed by atoms with Crippen molar-refractivity contribution in [2.75, 3.05) is 26.2 Å². The van der Waals surface area contributed by atoms with Crippen molar-refractivity contribution in [2.45, 2.75) is 45.8 Å². The maximum Gasteiger partial charge on any atom is 0.295 e. The summed E-state index contributed by atoms with van der Waals surface area (Å²) in [6.07, 6.45) is 1.46. The number of carbonyl (C=O) groups excluding carboxylic acids is 2. The zero-order valence-electron chi connectivity index (χ0n) is 20.0. The highest BCUT2D eigenvalue weighted by molar-refractivity contribution is 6.46. The fourth-order valence-corrected chi connectivity index (χ4v) is 4.88. The summed E-state index contributed by atoms with van der Waals surface area (Å²) in [4.78, 5) is 30.1. The second kappa shape index (κ2) is 9.89. The third-order valence-electron chi connectivity index (χ3n) is 6.66. The van der Waals surface area contributed by atoms with Crippen LogP contribution < -0.4 is 4.74 Å². The molecule has 0 aromatic heterocycles. The van der Waals surface area contributed by atoms with Gasteiger partial charge in [-0.25, -0.2) is 0 Å². The molecular weight excluding hydrogens is 432 g/mol. The number of phenolic OH excluding ortho intramolecular Hbond substituents is 1. The van der Waals surface area contributed by atoms with Crippen LogP contribution in [0.5, 0.6) is 11.5 Å². The number of phenols is 1. The van der Waals surface area contributed by atoms with Crippen LogP contribution in [0.25, 0.3) is 5.76 Å². The molecule has 2 heterocycles. The van der Waals surface area contributed by atoms with E-state index in [0.717, 1.165) is 30.9 Å². The monoisotopic (exact) mass is 464 g/mol. The number of rotatable bonds is 8. The highest BCUT2D eigenvalue weighted by Crippen LogP contribution is 2.41. The minimum absolute atomic E-state index is 0.0369. The summed E-state index contributed by atoms with van der Waals surface area (Å²) >= 11 is 0. The van der Waals surface area contributed by atoms with Gasteiger partial charge in [-0.05, 0) is 74.4 Å². The number of aromatic hydroxyl groups is 1. The van der Waals surface area contributed by atoms with Crippen molar-refractivity contribution in [3.63, 3.8) is 0 Å². The van der Waals surface area contributed by atoms with Crippen molar-refractivity contribution >= 4 is 17.4 Å². The molecule has 1 amide bonds. The first-order valence-corrected chi connectivity index (χ1v) is 11.9. The van der Waals surface area contributed by atoms with Crippen LogP contribution in [-0.2, 0) is 16.0 Å². The van der Waals surface area contributed by atoms with Crippen molar-refractivity contribution in [3.05, 3.63) is 64.7 Å². The van der Waals surface area contributed by atoms with E-state index in [1.54, 1.807) is 30.3 Å². The maximum absolute atomic E-state index is 13.2. The summed E-state index contributed by atoms with van der Waals surface area (Å²) in [7, 11) is 0. The van der Waals surface area contributed by atoms with Crippen LogP contribution >= 0.6 is 0 Å². The first kappa shape index (κ1) is 23.8. The van der Waals surface area contributed by atoms with Crippen molar-refractivity contribution < 1.29 is 24.5 Å². The van der Waals surface area contributed by atoms with E-state index in [0.29, 0.717) is 30.5 Å². The van der Waals surface area contributed by atoms with E-state index in [1.165, 1.54) is 11.0 Å². The number of Topliss-reactive ketones (excluding diaryl/α,β-unsaturated/α-hetero) is 1. The Hall–Kier alpha value is -3.32. The first-order chi connectivity index (χ1) is 16.3. The van der Waals surface area contributed by atoms with Gasteiger partial charge in [0.25, 0.3) is 11.7 Å². The van der Waals surface area contributed by atoms with Crippen molar-refractivity contribution in [1.82, 2.24) is 9.80 Å². The average molecular weight is 465 g/mol. The topological polar surface area (TPSA) is 90.3 Å². The van der Waals surface area contributed by atoms with Gasteiger partial charge in [0, 0.05) is 18.5 Å². The molecule has 34 heavy (non-hydrogen) atoms. The van der Waals surface area contributed by atoms with Gasteiger partial charge < -0.3 is 24.7 Å². The Balaban J connectivity index is 1.73. The summed E-state index contributed by atoms with van der Waals surface area (Å²) in [5, 5.41) is 21.4. The summed E-state index contributed by atoms with van der Waals surface area (Å²) in [6, 6.07) is 11.1. The SMILES string of the molecule is CCN(CC)CCCN1C(=O)C(=O)C(=C(O)c2ccc3c(c2)C[C@H](C)O3)[C@H]1c1cccc(O)c1. The summed E-state index contributed by atoms with van der Waals surface area (Å²) in [5.74, 6) is -0.744. The number of ether oxygens (including phenoxy) is 1. The summed E-state index contributed by atoms with van der Waals surface area (Å²) in [5.41, 5.74) is 2.06. The van der Waals surface area contributed by atoms with Gasteiger partial charge in [0.15, 0.2) is 0 Å². The molecule has 2 aromatic rings. The van der Waals surface area contributed by atoms with Gasteiger partial charge in [-0.3, -0.25) is 9.59 Å². The third-order valence-corrected chi connectivity index (χ3v) is 6.66. The number of aliphatic hydroxyl groups excluding tert-OH is 1. The Labute approximate surface area is 200 Å². The van der Waals surface area contributed by atoms with Gasteiger partial charge in [0.2, 0.25) is 0 Å². The number of fused-ring (bicyclic) bond motifs is 1. The quantitative estimate of drug-likeness (QED) is 0.350. The van der Waals surface area contributed by atoms with Crippen LogP contribution in [0.3, 0.4) is 0 Å². The number of likely N-dealkylation sites (tertiary alicyclic amines) is 1. The highest BCUT2D eigenvalue weighted by Gasteiger charge is 2.46. The Bertz CT molecular complexity index is 1120. The van der Waals surface area contributed by atoms with E-state index in [4.69, 9.17) is 4.74 Å². The standard InChI is InChI=1S/C27H32N2O5/c1-4-28(5-2)12-7-13-29-24(18-8-6-9-21(30)16-18)23(26(32)27(29)33)25(31)19-10-11-22-20(15-19)14-17(3)34-22/h6,8-11,15-17,24,30-31H,4-5,7,12-14H2,1-3H3/t17-,24+/m0/s1. The van der Waals surface area contributed by atoms with Crippen LogP contribution in [0, 0.1) is 0 Å². The van der Waals surface area contributed by atoms with Crippen LogP contribution in [0.1, 0.15) is 49.9 Å². The molecule has 180 valence electrons. The number of nitrogens with zero attached hydrogens (tertiary/aromatic N) is 2. The Morgan fingerprint density at radius 3 is 2.62 bits per heavy atom. The molecule has 7 heteroatoms. The van der Waals surface area contributed by atoms with E-state index in [-0.39, 0.29) is 23.2 Å². The molecule has 2 atom stereocenters. The van der Waals surface area contributed by atoms with Crippen LogP contribution in [-0.4, -0.2) is 64.0 Å². The molecule has 1 fully saturated rings. The van der Waals surface area contributed by atoms with E-state index >= 15 is 0 Å². The second-order valence-electron chi connectivity index (χ2n) is 8.92. The minimum Gasteiger partial charge on any atom is -0.508 e. The van der Waals surface area contributed by atoms with Crippen LogP contribution in [0.4, 0.5) is 0 Å². The lowest BCUT2D eigenvalue weighted by molar-refractivity contribution is -0.140. The number of ketones is 1. The summed E-state index contributed by atoms with van der Waals surface area (Å²) < 4.78 is 5.75. The van der Waals surface area contributed by atoms with Crippen molar-refractivity contribution in [3.8, 4) is 11.5 Å². The molecule has 1 saturated heterocycles. The molecule has 2 aliphatic heterocycles. The number of hydrogen-bond acceptors (Lipinski definition) is 6. The minimum atomic E-state index is -0.771. The number of benzene rings is 2. The normalized spacial score (nSPS) is 21.2. The zero-order chi connectivity index (χ0) is 24.4. The fourth-order valence-electron chi connectivity index (χ4n) is 4.88. The van der Waals surface area contributed by atoms with Gasteiger partial charge >= 0.3 is 0 Å². The highest BCUT2D eigenvalue weighted by atomic mass is 16.5. The average Bonchev–Trinajstić information content (AvgIpc) is 3.32. The predicted octanol–water partition coefficient (Wildman–Crippen LogP) is 3.87. The number of amides is 1. The second-order valence-corrected chi connectivity index (χ2v) is 8.92. The van der Waals surface area contributed by atoms with Gasteiger partial charge in [0.05, 0.1) is 11.6 Å². The van der Waals surface area contributed by atoms with E-state index in [2.05, 4.69) is 18.7 Å². The molecule has 0 unspecified atom stereocenters. The molecule has 4 rings (SSSR count). The largest absolute Gasteiger partial charge is 0.508 e. The van der Waals surface area contributed by atoms with Gasteiger partial charge in [-0.2, -0.15) is 0 Å². The van der Waals surface area contributed by atoms with E-state index < -0.39 is 17.7 Å². The molecule has 7 nitrogen and oxygen atoms in total. The molecule has 0 aliphatic carbocycles. The molecule has 2 aromatic carbocycles. The van der Waals surface area contributed by atoms with E-state index in [9.17, 15) is 19.8 Å². The molecule has 2 N–H and O–H groups in total. The fraction of sp³-hybridized carbons (Fsp3) is 0.407. The van der Waals surface area contributed by atoms with Gasteiger partial charge in [-0.1, -0.05) is 26.0 Å². The summed E-state index contributed by atoms with van der Waals surface area (Å²) in [6.45, 7) is 9.14. The Morgan fingerprint density at radius 2 is 1.91 bits per heavy atom. The molecule has 0 spiro atoms. The van der Waals surface area contributed by atoms with Crippen molar-refractivity contribution in [1.29, 1.82) is 0 Å². The molecule has 0 saturated carbocycles. The third kappa shape index (κ3) is 4.53. The lowest BCUT2D eigenvalue weighted by atomic mass is 9.94. The van der Waals surface area contributed by atoms with E-state index in [1.807, 2.05) is 13.0 Å². The maximum atomic E-state index is 13.2. The van der Waals surface area contributed by atoms with Crippen LogP contribution in [0.2, 0.25) is 0 Å². The smallest absolute Gasteiger partial charge is 0.295 e. The number of carbonyl (C=O) groups is 2. The lowest BCUT2D eigenvalue weighted by Crippen LogP contribution is -2.33. The molecule has 2 aliphatic rings. The zero-order valence-corrected chi connectivity index (χ0v) is 20.0. The molecule has 0 radical (unpaired) electrons.